The van der Waals surface area contributed by atoms with Crippen molar-refractivity contribution in [3.05, 3.63) is 52.1 Å². The molecule has 0 amide bonds. The SMILES string of the molecule is CCCc1c(NC)ccc(C)c1-c1cc(C)c(C#N)cc1C. The summed E-state index contributed by atoms with van der Waals surface area (Å²) < 4.78 is 0. The van der Waals surface area contributed by atoms with Crippen LogP contribution >= 0.6 is 0 Å². The summed E-state index contributed by atoms with van der Waals surface area (Å²) >= 11 is 0. The number of nitriles is 1. The van der Waals surface area contributed by atoms with E-state index < -0.39 is 0 Å². The predicted octanol–water partition coefficient (Wildman–Crippen LogP) is 5.14. The van der Waals surface area contributed by atoms with Gasteiger partial charge in [-0.25, -0.2) is 0 Å². The molecule has 22 heavy (non-hydrogen) atoms. The molecule has 0 saturated carbocycles. The number of benzene rings is 2. The first kappa shape index (κ1) is 16.1. The lowest BCUT2D eigenvalue weighted by Gasteiger charge is -2.19. The maximum atomic E-state index is 9.22. The van der Waals surface area contributed by atoms with E-state index in [1.165, 1.54) is 27.9 Å². The first-order valence-corrected chi connectivity index (χ1v) is 7.85. The van der Waals surface area contributed by atoms with Crippen LogP contribution in [0.4, 0.5) is 5.69 Å². The third-order valence-electron chi connectivity index (χ3n) is 4.25. The molecule has 2 heteroatoms. The van der Waals surface area contributed by atoms with Gasteiger partial charge in [-0.2, -0.15) is 5.26 Å². The lowest BCUT2D eigenvalue weighted by molar-refractivity contribution is 0.922. The average molecular weight is 292 g/mol. The molecular weight excluding hydrogens is 268 g/mol. The van der Waals surface area contributed by atoms with Gasteiger partial charge in [-0.1, -0.05) is 19.4 Å². The number of anilines is 1. The highest BCUT2D eigenvalue weighted by Crippen LogP contribution is 2.36. The minimum Gasteiger partial charge on any atom is -0.388 e. The highest BCUT2D eigenvalue weighted by atomic mass is 14.8. The van der Waals surface area contributed by atoms with Crippen LogP contribution in [-0.2, 0) is 6.42 Å². The molecule has 0 radical (unpaired) electrons. The highest BCUT2D eigenvalue weighted by Gasteiger charge is 2.15. The van der Waals surface area contributed by atoms with Gasteiger partial charge in [0.1, 0.15) is 0 Å². The zero-order valence-electron chi connectivity index (χ0n) is 14.2. The van der Waals surface area contributed by atoms with Crippen LogP contribution in [0.1, 0.15) is 41.2 Å². The van der Waals surface area contributed by atoms with Crippen molar-refractivity contribution < 1.29 is 0 Å². The minimum absolute atomic E-state index is 0.765. The molecule has 0 aromatic heterocycles. The highest BCUT2D eigenvalue weighted by molar-refractivity contribution is 5.80. The van der Waals surface area contributed by atoms with Crippen molar-refractivity contribution in [3.8, 4) is 17.2 Å². The Hall–Kier alpha value is -2.27. The van der Waals surface area contributed by atoms with E-state index in [4.69, 9.17) is 0 Å². The van der Waals surface area contributed by atoms with Gasteiger partial charge in [0.25, 0.3) is 0 Å². The minimum atomic E-state index is 0.765. The molecule has 0 bridgehead atoms. The van der Waals surface area contributed by atoms with Crippen molar-refractivity contribution in [3.63, 3.8) is 0 Å². The Morgan fingerprint density at radius 3 is 2.36 bits per heavy atom. The van der Waals surface area contributed by atoms with Crippen LogP contribution in [0.25, 0.3) is 11.1 Å². The van der Waals surface area contributed by atoms with Crippen molar-refractivity contribution in [2.75, 3.05) is 12.4 Å². The van der Waals surface area contributed by atoms with Gasteiger partial charge in [-0.05, 0) is 78.8 Å². The number of nitrogens with zero attached hydrogens (tertiary/aromatic N) is 1. The lowest BCUT2D eigenvalue weighted by atomic mass is 9.87. The van der Waals surface area contributed by atoms with Crippen LogP contribution < -0.4 is 5.32 Å². The van der Waals surface area contributed by atoms with Crippen molar-refractivity contribution in [2.24, 2.45) is 0 Å². The van der Waals surface area contributed by atoms with E-state index in [1.54, 1.807) is 0 Å². The molecule has 2 aromatic carbocycles. The Kier molecular flexibility index (Phi) is 4.88. The second kappa shape index (κ2) is 6.66. The summed E-state index contributed by atoms with van der Waals surface area (Å²) in [7, 11) is 1.98. The van der Waals surface area contributed by atoms with E-state index in [2.05, 4.69) is 50.4 Å². The topological polar surface area (TPSA) is 35.8 Å². The normalized spacial score (nSPS) is 10.4. The van der Waals surface area contributed by atoms with Crippen molar-refractivity contribution in [1.29, 1.82) is 5.26 Å². The van der Waals surface area contributed by atoms with Gasteiger partial charge in [-0.15, -0.1) is 0 Å². The smallest absolute Gasteiger partial charge is 0.0994 e. The number of nitrogens with one attached hydrogen (secondary N) is 1. The molecule has 0 heterocycles. The molecule has 0 saturated heterocycles. The van der Waals surface area contributed by atoms with E-state index in [-0.39, 0.29) is 0 Å². The van der Waals surface area contributed by atoms with Crippen LogP contribution in [0, 0.1) is 32.1 Å². The third kappa shape index (κ3) is 2.85. The molecule has 0 spiro atoms. The van der Waals surface area contributed by atoms with Gasteiger partial charge in [0.15, 0.2) is 0 Å². The van der Waals surface area contributed by atoms with Crippen molar-refractivity contribution in [1.82, 2.24) is 0 Å². The first-order chi connectivity index (χ1) is 10.5. The fraction of sp³-hybridized carbons (Fsp3) is 0.350. The van der Waals surface area contributed by atoms with E-state index in [0.29, 0.717) is 0 Å². The van der Waals surface area contributed by atoms with Gasteiger partial charge < -0.3 is 5.32 Å². The predicted molar refractivity (Wildman–Crippen MR) is 94.3 cm³/mol. The van der Waals surface area contributed by atoms with Gasteiger partial charge >= 0.3 is 0 Å². The zero-order chi connectivity index (χ0) is 16.3. The Bertz CT molecular complexity index is 736. The van der Waals surface area contributed by atoms with Gasteiger partial charge in [0.05, 0.1) is 11.6 Å². The summed E-state index contributed by atoms with van der Waals surface area (Å²) in [5, 5.41) is 12.5. The van der Waals surface area contributed by atoms with E-state index >= 15 is 0 Å². The third-order valence-corrected chi connectivity index (χ3v) is 4.25. The second-order valence-electron chi connectivity index (χ2n) is 5.88. The van der Waals surface area contributed by atoms with Crippen LogP contribution in [0.3, 0.4) is 0 Å². The van der Waals surface area contributed by atoms with Gasteiger partial charge in [0, 0.05) is 12.7 Å². The Morgan fingerprint density at radius 2 is 1.77 bits per heavy atom. The quantitative estimate of drug-likeness (QED) is 0.846. The molecule has 0 aliphatic heterocycles. The standard InChI is InChI=1S/C20H24N2/c1-6-7-17-19(22-5)9-8-13(2)20(17)18-11-14(3)16(12-21)10-15(18)4/h8-11,22H,6-7H2,1-5H3. The Balaban J connectivity index is 2.77. The molecule has 1 N–H and O–H groups in total. The maximum Gasteiger partial charge on any atom is 0.0994 e. The van der Waals surface area contributed by atoms with Crippen LogP contribution in [0.15, 0.2) is 24.3 Å². The Morgan fingerprint density at radius 1 is 1.05 bits per heavy atom. The fourth-order valence-corrected chi connectivity index (χ4v) is 3.09. The van der Waals surface area contributed by atoms with Crippen molar-refractivity contribution in [2.45, 2.75) is 40.5 Å². The molecule has 0 unspecified atom stereocenters. The monoisotopic (exact) mass is 292 g/mol. The van der Waals surface area contributed by atoms with E-state index in [0.717, 1.165) is 29.5 Å². The first-order valence-electron chi connectivity index (χ1n) is 7.85. The van der Waals surface area contributed by atoms with Crippen LogP contribution in [-0.4, -0.2) is 7.05 Å². The molecule has 0 aliphatic rings. The van der Waals surface area contributed by atoms with Crippen molar-refractivity contribution >= 4 is 5.69 Å². The van der Waals surface area contributed by atoms with E-state index in [1.807, 2.05) is 20.0 Å². The molecule has 114 valence electrons. The van der Waals surface area contributed by atoms with E-state index in [9.17, 15) is 5.26 Å². The average Bonchev–Trinajstić information content (AvgIpc) is 2.50. The van der Waals surface area contributed by atoms with Crippen LogP contribution in [0.5, 0.6) is 0 Å². The number of hydrogen-bond acceptors (Lipinski definition) is 2. The van der Waals surface area contributed by atoms with Gasteiger partial charge in [0.2, 0.25) is 0 Å². The number of rotatable bonds is 4. The second-order valence-corrected chi connectivity index (χ2v) is 5.88. The zero-order valence-corrected chi connectivity index (χ0v) is 14.2. The fourth-order valence-electron chi connectivity index (χ4n) is 3.09. The number of aryl methyl sites for hydroxylation is 3. The van der Waals surface area contributed by atoms with Gasteiger partial charge in [-0.3, -0.25) is 0 Å². The summed E-state index contributed by atoms with van der Waals surface area (Å²) in [6.45, 7) is 8.48. The van der Waals surface area contributed by atoms with Crippen LogP contribution in [0.2, 0.25) is 0 Å². The molecular formula is C20H24N2. The summed E-state index contributed by atoms with van der Waals surface area (Å²) in [4.78, 5) is 0. The number of hydrogen-bond donors (Lipinski definition) is 1. The maximum absolute atomic E-state index is 9.22. The summed E-state index contributed by atoms with van der Waals surface area (Å²) in [5.74, 6) is 0. The lowest BCUT2D eigenvalue weighted by Crippen LogP contribution is -2.02. The Labute approximate surface area is 133 Å². The molecule has 2 rings (SSSR count). The molecule has 0 aliphatic carbocycles. The summed E-state index contributed by atoms with van der Waals surface area (Å²) in [6.07, 6.45) is 2.16. The summed E-state index contributed by atoms with van der Waals surface area (Å²) in [5.41, 5.74) is 9.39. The molecule has 2 nitrogen and oxygen atoms in total. The molecule has 2 aromatic rings. The molecule has 0 fully saturated rings. The summed E-state index contributed by atoms with van der Waals surface area (Å²) in [6, 6.07) is 10.8. The largest absolute Gasteiger partial charge is 0.388 e. The molecule has 0 atom stereocenters.